The van der Waals surface area contributed by atoms with Crippen LogP contribution < -0.4 is 10.0 Å². The van der Waals surface area contributed by atoms with Gasteiger partial charge in [0.15, 0.2) is 0 Å². The third kappa shape index (κ3) is 3.63. The lowest BCUT2D eigenvalue weighted by Gasteiger charge is -2.13. The number of sulfonamides is 1. The summed E-state index contributed by atoms with van der Waals surface area (Å²) < 4.78 is 28.5. The molecule has 2 N–H and O–H groups in total. The molecule has 0 bridgehead atoms. The molecule has 0 radical (unpaired) electrons. The van der Waals surface area contributed by atoms with Crippen LogP contribution in [0.1, 0.15) is 6.92 Å². The Morgan fingerprint density at radius 3 is 2.55 bits per heavy atom. The van der Waals surface area contributed by atoms with Gasteiger partial charge in [-0.1, -0.05) is 18.2 Å². The molecule has 106 valence electrons. The number of benzene rings is 2. The van der Waals surface area contributed by atoms with E-state index in [1.807, 2.05) is 25.1 Å². The van der Waals surface area contributed by atoms with Crippen molar-refractivity contribution in [1.82, 2.24) is 0 Å². The zero-order chi connectivity index (χ0) is 14.6. The Bertz CT molecular complexity index is 702. The lowest BCUT2D eigenvalue weighted by atomic mass is 10.3. The standard InChI is InChI=1S/C14H15IN2O2S/c1-2-16-13-8-3-4-9-14(13)20(18,19)17-12-7-5-6-11(15)10-12/h3-10,16-17H,2H2,1H3. The van der Waals surface area contributed by atoms with E-state index in [9.17, 15) is 8.42 Å². The highest BCUT2D eigenvalue weighted by Gasteiger charge is 2.18. The molecule has 2 rings (SSSR count). The van der Waals surface area contributed by atoms with E-state index in [1.165, 1.54) is 0 Å². The smallest absolute Gasteiger partial charge is 0.263 e. The van der Waals surface area contributed by atoms with Gasteiger partial charge in [0, 0.05) is 15.8 Å². The quantitative estimate of drug-likeness (QED) is 0.753. The highest BCUT2D eigenvalue weighted by molar-refractivity contribution is 14.1. The molecule has 20 heavy (non-hydrogen) atoms. The van der Waals surface area contributed by atoms with Gasteiger partial charge in [0.1, 0.15) is 4.90 Å². The predicted octanol–water partition coefficient (Wildman–Crippen LogP) is 3.52. The van der Waals surface area contributed by atoms with Crippen LogP contribution in [0.2, 0.25) is 0 Å². The largest absolute Gasteiger partial charge is 0.384 e. The van der Waals surface area contributed by atoms with Gasteiger partial charge in [-0.2, -0.15) is 0 Å². The van der Waals surface area contributed by atoms with Crippen molar-refractivity contribution < 1.29 is 8.42 Å². The summed E-state index contributed by atoms with van der Waals surface area (Å²) in [7, 11) is -3.60. The average Bonchev–Trinajstić information content (AvgIpc) is 2.39. The van der Waals surface area contributed by atoms with Crippen LogP contribution in [0.15, 0.2) is 53.4 Å². The fourth-order valence-electron chi connectivity index (χ4n) is 1.80. The van der Waals surface area contributed by atoms with Crippen LogP contribution in [-0.2, 0) is 10.0 Å². The Morgan fingerprint density at radius 1 is 1.10 bits per heavy atom. The van der Waals surface area contributed by atoms with E-state index in [4.69, 9.17) is 0 Å². The first kappa shape index (κ1) is 15.1. The molecule has 0 spiro atoms. The van der Waals surface area contributed by atoms with Gasteiger partial charge in [0.25, 0.3) is 10.0 Å². The zero-order valence-corrected chi connectivity index (χ0v) is 13.9. The van der Waals surface area contributed by atoms with E-state index in [0.29, 0.717) is 17.9 Å². The molecule has 0 amide bonds. The molecule has 0 saturated carbocycles. The minimum absolute atomic E-state index is 0.251. The fourth-order valence-corrected chi connectivity index (χ4v) is 3.58. The zero-order valence-electron chi connectivity index (χ0n) is 10.9. The molecule has 0 aromatic heterocycles. The highest BCUT2D eigenvalue weighted by Crippen LogP contribution is 2.24. The Morgan fingerprint density at radius 2 is 1.85 bits per heavy atom. The molecule has 0 aliphatic carbocycles. The van der Waals surface area contributed by atoms with Crippen molar-refractivity contribution >= 4 is 44.0 Å². The summed E-state index contributed by atoms with van der Waals surface area (Å²) in [6, 6.07) is 14.1. The third-order valence-corrected chi connectivity index (χ3v) is 4.73. The second-order valence-corrected chi connectivity index (χ2v) is 7.04. The van der Waals surface area contributed by atoms with Gasteiger partial charge in [-0.3, -0.25) is 4.72 Å². The van der Waals surface area contributed by atoms with Crippen molar-refractivity contribution in [3.63, 3.8) is 0 Å². The number of hydrogen-bond donors (Lipinski definition) is 2. The normalized spacial score (nSPS) is 11.1. The van der Waals surface area contributed by atoms with E-state index in [1.54, 1.807) is 30.3 Å². The Balaban J connectivity index is 2.36. The number of para-hydroxylation sites is 1. The Kier molecular flexibility index (Phi) is 4.87. The molecular formula is C14H15IN2O2S. The molecule has 0 fully saturated rings. The second kappa shape index (κ2) is 6.45. The number of rotatable bonds is 5. The van der Waals surface area contributed by atoms with Crippen LogP contribution in [-0.4, -0.2) is 15.0 Å². The van der Waals surface area contributed by atoms with Gasteiger partial charge in [-0.15, -0.1) is 0 Å². The Labute approximate surface area is 132 Å². The number of nitrogens with one attached hydrogen (secondary N) is 2. The summed E-state index contributed by atoms with van der Waals surface area (Å²) in [4.78, 5) is 0.251. The first-order chi connectivity index (χ1) is 9.53. The molecule has 0 unspecified atom stereocenters. The lowest BCUT2D eigenvalue weighted by Crippen LogP contribution is -2.15. The molecule has 0 aliphatic heterocycles. The van der Waals surface area contributed by atoms with Crippen LogP contribution >= 0.6 is 22.6 Å². The van der Waals surface area contributed by atoms with Crippen LogP contribution in [0.3, 0.4) is 0 Å². The van der Waals surface area contributed by atoms with E-state index in [-0.39, 0.29) is 4.90 Å². The van der Waals surface area contributed by atoms with Gasteiger partial charge in [-0.05, 0) is 59.8 Å². The minimum Gasteiger partial charge on any atom is -0.384 e. The maximum Gasteiger partial charge on any atom is 0.263 e. The summed E-state index contributed by atoms with van der Waals surface area (Å²) in [5.41, 5.74) is 1.16. The maximum atomic E-state index is 12.5. The molecule has 0 aliphatic rings. The second-order valence-electron chi connectivity index (χ2n) is 4.14. The van der Waals surface area contributed by atoms with Gasteiger partial charge in [-0.25, -0.2) is 8.42 Å². The fraction of sp³-hybridized carbons (Fsp3) is 0.143. The van der Waals surface area contributed by atoms with Crippen molar-refractivity contribution in [2.75, 3.05) is 16.6 Å². The first-order valence-corrected chi connectivity index (χ1v) is 8.70. The number of halogens is 1. The molecular weight excluding hydrogens is 387 g/mol. The summed E-state index contributed by atoms with van der Waals surface area (Å²) in [6.07, 6.45) is 0. The van der Waals surface area contributed by atoms with Crippen molar-refractivity contribution in [3.05, 3.63) is 52.1 Å². The SMILES string of the molecule is CCNc1ccccc1S(=O)(=O)Nc1cccc(I)c1. The van der Waals surface area contributed by atoms with E-state index >= 15 is 0 Å². The molecule has 0 heterocycles. The Hall–Kier alpha value is -1.28. The van der Waals surface area contributed by atoms with Gasteiger partial charge in [0.2, 0.25) is 0 Å². The van der Waals surface area contributed by atoms with Gasteiger partial charge >= 0.3 is 0 Å². The molecule has 2 aromatic carbocycles. The summed E-state index contributed by atoms with van der Waals surface area (Å²) in [5.74, 6) is 0. The summed E-state index contributed by atoms with van der Waals surface area (Å²) in [5, 5.41) is 3.06. The van der Waals surface area contributed by atoms with E-state index in [2.05, 4.69) is 32.6 Å². The molecule has 6 heteroatoms. The molecule has 0 saturated heterocycles. The van der Waals surface area contributed by atoms with Crippen molar-refractivity contribution in [2.24, 2.45) is 0 Å². The maximum absolute atomic E-state index is 12.5. The topological polar surface area (TPSA) is 58.2 Å². The third-order valence-electron chi connectivity index (χ3n) is 2.62. The number of anilines is 2. The number of hydrogen-bond acceptors (Lipinski definition) is 3. The van der Waals surface area contributed by atoms with Crippen LogP contribution in [0, 0.1) is 3.57 Å². The van der Waals surface area contributed by atoms with Crippen LogP contribution in [0.5, 0.6) is 0 Å². The van der Waals surface area contributed by atoms with E-state index in [0.717, 1.165) is 3.57 Å². The summed E-state index contributed by atoms with van der Waals surface area (Å²) >= 11 is 2.14. The van der Waals surface area contributed by atoms with Crippen molar-refractivity contribution in [3.8, 4) is 0 Å². The molecule has 4 nitrogen and oxygen atoms in total. The van der Waals surface area contributed by atoms with Gasteiger partial charge in [0.05, 0.1) is 5.69 Å². The van der Waals surface area contributed by atoms with Gasteiger partial charge < -0.3 is 5.32 Å². The predicted molar refractivity (Wildman–Crippen MR) is 90.6 cm³/mol. The van der Waals surface area contributed by atoms with Crippen molar-refractivity contribution in [2.45, 2.75) is 11.8 Å². The minimum atomic E-state index is -3.60. The van der Waals surface area contributed by atoms with E-state index < -0.39 is 10.0 Å². The lowest BCUT2D eigenvalue weighted by molar-refractivity contribution is 0.601. The summed E-state index contributed by atoms with van der Waals surface area (Å²) in [6.45, 7) is 2.59. The van der Waals surface area contributed by atoms with Crippen LogP contribution in [0.25, 0.3) is 0 Å². The molecule has 2 aromatic rings. The molecule has 0 atom stereocenters. The average molecular weight is 402 g/mol. The monoisotopic (exact) mass is 402 g/mol. The van der Waals surface area contributed by atoms with Crippen LogP contribution in [0.4, 0.5) is 11.4 Å². The highest BCUT2D eigenvalue weighted by atomic mass is 127. The first-order valence-electron chi connectivity index (χ1n) is 6.14. The van der Waals surface area contributed by atoms with Crippen molar-refractivity contribution in [1.29, 1.82) is 0 Å².